The van der Waals surface area contributed by atoms with Crippen molar-refractivity contribution in [1.29, 1.82) is 0 Å². The number of aromatic nitrogens is 3. The normalized spacial score (nSPS) is 17.7. The molecular weight excluding hydrogens is 476 g/mol. The van der Waals surface area contributed by atoms with Crippen molar-refractivity contribution in [1.82, 2.24) is 20.1 Å². The first kappa shape index (κ1) is 22.3. The van der Waals surface area contributed by atoms with Gasteiger partial charge in [0.2, 0.25) is 5.75 Å². The van der Waals surface area contributed by atoms with Crippen LogP contribution in [0.4, 0.5) is 14.6 Å². The van der Waals surface area contributed by atoms with E-state index in [9.17, 15) is 8.78 Å². The highest BCUT2D eigenvalue weighted by atomic mass is 35.5. The maximum atomic E-state index is 14.6. The quantitative estimate of drug-likeness (QED) is 0.352. The van der Waals surface area contributed by atoms with Crippen LogP contribution >= 0.6 is 11.6 Å². The standard InChI is InChI=1S/C25H24ClF2N5O2/c26-21-19(28)2-1-18(27)20(21)25(5-6-25)13-35-23-22-16(10-31-24(23)29)17(12-34-22)14-9-32-33(11-14)15-3-7-30-8-4-15/h1-2,9-12,15,30H,3-8,13H2,(H2,29,31). The van der Waals surface area contributed by atoms with E-state index < -0.39 is 17.0 Å². The fraction of sp³-hybridized carbons (Fsp3) is 0.360. The lowest BCUT2D eigenvalue weighted by Gasteiger charge is -2.22. The van der Waals surface area contributed by atoms with E-state index in [1.165, 1.54) is 0 Å². The summed E-state index contributed by atoms with van der Waals surface area (Å²) < 4.78 is 42.6. The molecule has 3 aromatic heterocycles. The number of piperidine rings is 1. The summed E-state index contributed by atoms with van der Waals surface area (Å²) in [5, 5.41) is 8.46. The van der Waals surface area contributed by atoms with Crippen LogP contribution in [-0.2, 0) is 5.41 Å². The first-order chi connectivity index (χ1) is 17.0. The minimum atomic E-state index is -0.719. The van der Waals surface area contributed by atoms with Crippen molar-refractivity contribution in [3.63, 3.8) is 0 Å². The predicted molar refractivity (Wildman–Crippen MR) is 129 cm³/mol. The van der Waals surface area contributed by atoms with E-state index in [1.54, 1.807) is 12.5 Å². The Morgan fingerprint density at radius 2 is 1.97 bits per heavy atom. The summed E-state index contributed by atoms with van der Waals surface area (Å²) in [5.74, 6) is -0.768. The predicted octanol–water partition coefficient (Wildman–Crippen LogP) is 5.24. The lowest BCUT2D eigenvalue weighted by molar-refractivity contribution is 0.275. The van der Waals surface area contributed by atoms with Crippen molar-refractivity contribution in [3.05, 3.63) is 59.2 Å². The van der Waals surface area contributed by atoms with Crippen molar-refractivity contribution in [3.8, 4) is 16.9 Å². The molecule has 10 heteroatoms. The largest absolute Gasteiger partial charge is 0.485 e. The number of nitrogens with one attached hydrogen (secondary N) is 1. The molecule has 0 bridgehead atoms. The number of nitrogen functional groups attached to an aromatic ring is 1. The van der Waals surface area contributed by atoms with Crippen molar-refractivity contribution >= 4 is 28.4 Å². The van der Waals surface area contributed by atoms with E-state index in [0.717, 1.165) is 54.6 Å². The van der Waals surface area contributed by atoms with E-state index in [0.29, 0.717) is 24.5 Å². The van der Waals surface area contributed by atoms with Crippen molar-refractivity contribution in [2.75, 3.05) is 25.4 Å². The van der Waals surface area contributed by atoms with Crippen molar-refractivity contribution in [2.24, 2.45) is 0 Å². The second-order valence-corrected chi connectivity index (χ2v) is 9.72. The van der Waals surface area contributed by atoms with Gasteiger partial charge in [0.05, 0.1) is 29.3 Å². The van der Waals surface area contributed by atoms with Crippen LogP contribution in [0.5, 0.6) is 5.75 Å². The SMILES string of the molecule is Nc1ncc2c(-c3cnn(C4CCNCC4)c3)coc2c1OCC1(c2c(F)ccc(F)c2Cl)CC1. The summed E-state index contributed by atoms with van der Waals surface area (Å²) in [6, 6.07) is 2.48. The number of furan rings is 1. The number of hydrogen-bond acceptors (Lipinski definition) is 6. The average Bonchev–Trinajstić information content (AvgIpc) is 3.27. The molecule has 3 N–H and O–H groups in total. The van der Waals surface area contributed by atoms with Crippen LogP contribution in [0, 0.1) is 11.6 Å². The molecule has 35 heavy (non-hydrogen) atoms. The summed E-state index contributed by atoms with van der Waals surface area (Å²) >= 11 is 6.12. The molecule has 4 aromatic rings. The monoisotopic (exact) mass is 499 g/mol. The number of anilines is 1. The number of pyridine rings is 1. The Hall–Kier alpha value is -3.17. The Bertz CT molecular complexity index is 1410. The van der Waals surface area contributed by atoms with Gasteiger partial charge < -0.3 is 20.2 Å². The summed E-state index contributed by atoms with van der Waals surface area (Å²) in [4.78, 5) is 4.30. The number of nitrogens with two attached hydrogens (primary N) is 1. The maximum absolute atomic E-state index is 14.6. The fourth-order valence-corrected chi connectivity index (χ4v) is 5.29. The topological polar surface area (TPSA) is 91.1 Å². The third-order valence-corrected chi connectivity index (χ3v) is 7.49. The summed E-state index contributed by atoms with van der Waals surface area (Å²) in [5.41, 5.74) is 7.74. The van der Waals surface area contributed by atoms with Crippen LogP contribution in [0.25, 0.3) is 22.1 Å². The van der Waals surface area contributed by atoms with Gasteiger partial charge in [-0.1, -0.05) is 11.6 Å². The molecule has 2 aliphatic rings. The van der Waals surface area contributed by atoms with Gasteiger partial charge in [-0.05, 0) is 50.9 Å². The van der Waals surface area contributed by atoms with Crippen LogP contribution in [-0.4, -0.2) is 34.5 Å². The molecule has 1 aliphatic heterocycles. The Morgan fingerprint density at radius 3 is 2.74 bits per heavy atom. The van der Waals surface area contributed by atoms with Gasteiger partial charge >= 0.3 is 0 Å². The zero-order valence-corrected chi connectivity index (χ0v) is 19.6. The van der Waals surface area contributed by atoms with E-state index in [1.807, 2.05) is 17.1 Å². The first-order valence-electron chi connectivity index (χ1n) is 11.6. The Labute approximate surface area is 205 Å². The highest BCUT2D eigenvalue weighted by molar-refractivity contribution is 6.31. The lowest BCUT2D eigenvalue weighted by atomic mass is 9.96. The molecule has 2 fully saturated rings. The van der Waals surface area contributed by atoms with Crippen molar-refractivity contribution in [2.45, 2.75) is 37.1 Å². The Kier molecular flexibility index (Phi) is 5.41. The number of benzene rings is 1. The molecule has 0 atom stereocenters. The first-order valence-corrected chi connectivity index (χ1v) is 12.0. The Balaban J connectivity index is 1.30. The van der Waals surface area contributed by atoms with Gasteiger partial charge in [0.1, 0.15) is 17.9 Å². The molecule has 1 aromatic carbocycles. The molecule has 0 unspecified atom stereocenters. The van der Waals surface area contributed by atoms with E-state index in [-0.39, 0.29) is 28.8 Å². The van der Waals surface area contributed by atoms with Gasteiger partial charge in [0.25, 0.3) is 0 Å². The number of halogens is 3. The zero-order valence-electron chi connectivity index (χ0n) is 18.9. The minimum Gasteiger partial charge on any atom is -0.485 e. The number of fused-ring (bicyclic) bond motifs is 1. The molecule has 1 aliphatic carbocycles. The van der Waals surface area contributed by atoms with E-state index >= 15 is 0 Å². The van der Waals surface area contributed by atoms with Gasteiger partial charge in [0, 0.05) is 34.5 Å². The molecule has 0 radical (unpaired) electrons. The van der Waals surface area contributed by atoms with Crippen LogP contribution in [0.2, 0.25) is 5.02 Å². The maximum Gasteiger partial charge on any atom is 0.205 e. The van der Waals surface area contributed by atoms with Crippen LogP contribution in [0.1, 0.15) is 37.3 Å². The van der Waals surface area contributed by atoms with Gasteiger partial charge in [-0.3, -0.25) is 4.68 Å². The van der Waals surface area contributed by atoms with Crippen molar-refractivity contribution < 1.29 is 17.9 Å². The van der Waals surface area contributed by atoms with Crippen LogP contribution < -0.4 is 15.8 Å². The fourth-order valence-electron chi connectivity index (χ4n) is 4.93. The van der Waals surface area contributed by atoms with E-state index in [2.05, 4.69) is 15.4 Å². The van der Waals surface area contributed by atoms with Crippen LogP contribution in [0.3, 0.4) is 0 Å². The zero-order chi connectivity index (χ0) is 24.2. The number of ether oxygens (including phenoxy) is 1. The molecule has 6 rings (SSSR count). The number of rotatable bonds is 6. The molecule has 1 saturated carbocycles. The second-order valence-electron chi connectivity index (χ2n) is 9.34. The second kappa shape index (κ2) is 8.49. The summed E-state index contributed by atoms with van der Waals surface area (Å²) in [7, 11) is 0. The molecule has 182 valence electrons. The number of hydrogen-bond donors (Lipinski definition) is 2. The lowest BCUT2D eigenvalue weighted by Crippen LogP contribution is -2.29. The smallest absolute Gasteiger partial charge is 0.205 e. The van der Waals surface area contributed by atoms with Gasteiger partial charge in [0.15, 0.2) is 11.4 Å². The van der Waals surface area contributed by atoms with Gasteiger partial charge in [-0.25, -0.2) is 13.8 Å². The highest BCUT2D eigenvalue weighted by Gasteiger charge is 2.49. The molecular formula is C25H24ClF2N5O2. The molecule has 0 spiro atoms. The third-order valence-electron chi connectivity index (χ3n) is 7.12. The highest BCUT2D eigenvalue weighted by Crippen LogP contribution is 2.52. The molecule has 7 nitrogen and oxygen atoms in total. The molecule has 0 amide bonds. The third kappa shape index (κ3) is 3.83. The van der Waals surface area contributed by atoms with E-state index in [4.69, 9.17) is 26.5 Å². The molecule has 4 heterocycles. The van der Waals surface area contributed by atoms with Gasteiger partial charge in [-0.15, -0.1) is 0 Å². The molecule has 1 saturated heterocycles. The minimum absolute atomic E-state index is 0.0712. The van der Waals surface area contributed by atoms with Gasteiger partial charge in [-0.2, -0.15) is 5.10 Å². The van der Waals surface area contributed by atoms with Crippen LogP contribution in [0.15, 0.2) is 41.4 Å². The Morgan fingerprint density at radius 1 is 1.20 bits per heavy atom. The average molecular weight is 500 g/mol. The summed E-state index contributed by atoms with van der Waals surface area (Å²) in [6.07, 6.45) is 10.4. The summed E-state index contributed by atoms with van der Waals surface area (Å²) in [6.45, 7) is 2.02. The number of nitrogens with zero attached hydrogens (tertiary/aromatic N) is 3.